The number of nitro groups is 1. The van der Waals surface area contributed by atoms with E-state index >= 15 is 0 Å². The molecule has 0 bridgehead atoms. The normalized spacial score (nSPS) is 16.2. The van der Waals surface area contributed by atoms with Gasteiger partial charge in [0.1, 0.15) is 0 Å². The molecule has 10 heteroatoms. The number of dihydropyridines is 1. The number of carbonyl (C=O) groups excluding carboxylic acids is 2. The predicted molar refractivity (Wildman–Crippen MR) is 169 cm³/mol. The molecule has 1 unspecified atom stereocenters. The molecule has 2 aromatic rings. The molecule has 1 aromatic carbocycles. The molecule has 4 rings (SSSR count). The maximum atomic E-state index is 13.5. The Hall–Kier alpha value is -4.21. The number of benzene rings is 1. The number of methoxy groups -OCH3 is 1. The molecule has 2 aliphatic rings. The van der Waals surface area contributed by atoms with E-state index in [4.69, 9.17) is 14.5 Å². The highest BCUT2D eigenvalue weighted by atomic mass is 16.6. The van der Waals surface area contributed by atoms with Crippen LogP contribution < -0.4 is 10.6 Å². The largest absolute Gasteiger partial charge is 0.466 e. The number of aryl methyl sites for hydroxylation is 2. The lowest BCUT2D eigenvalue weighted by molar-refractivity contribution is -0.384. The summed E-state index contributed by atoms with van der Waals surface area (Å²) in [5, 5.41) is 18.3. The van der Waals surface area contributed by atoms with Crippen molar-refractivity contribution in [3.05, 3.63) is 85.0 Å². The molecule has 0 radical (unpaired) electrons. The minimum absolute atomic E-state index is 0.133. The molecule has 0 saturated heterocycles. The van der Waals surface area contributed by atoms with Crippen LogP contribution in [0.25, 0.3) is 0 Å². The lowest BCUT2D eigenvalue weighted by Crippen LogP contribution is -2.32. The average molecular weight is 605 g/mol. The molecule has 0 amide bonds. The number of nitrogens with one attached hydrogen (secondary N) is 2. The number of allylic oxidation sites excluding steroid dienone is 2. The van der Waals surface area contributed by atoms with E-state index in [2.05, 4.69) is 24.5 Å². The molecule has 2 heterocycles. The van der Waals surface area contributed by atoms with Crippen LogP contribution in [0.15, 0.2) is 46.8 Å². The number of hydrogen-bond donors (Lipinski definition) is 2. The number of non-ortho nitro benzene ring substituents is 1. The van der Waals surface area contributed by atoms with E-state index in [-0.39, 0.29) is 23.4 Å². The van der Waals surface area contributed by atoms with Gasteiger partial charge in [-0.15, -0.1) is 0 Å². The van der Waals surface area contributed by atoms with Crippen LogP contribution in [0.4, 0.5) is 11.4 Å². The highest BCUT2D eigenvalue weighted by molar-refractivity contribution is 5.99. The van der Waals surface area contributed by atoms with Crippen molar-refractivity contribution < 1.29 is 24.0 Å². The maximum Gasteiger partial charge on any atom is 0.336 e. The minimum atomic E-state index is -0.868. The summed E-state index contributed by atoms with van der Waals surface area (Å²) in [5.41, 5.74) is 8.18. The first-order valence-corrected chi connectivity index (χ1v) is 15.6. The highest BCUT2D eigenvalue weighted by Gasteiger charge is 2.38. The minimum Gasteiger partial charge on any atom is -0.466 e. The van der Waals surface area contributed by atoms with Crippen LogP contribution in [0, 0.1) is 17.0 Å². The fourth-order valence-corrected chi connectivity index (χ4v) is 6.34. The third-order valence-corrected chi connectivity index (χ3v) is 8.44. The second kappa shape index (κ2) is 15.0. The summed E-state index contributed by atoms with van der Waals surface area (Å²) in [5.74, 6) is -2.06. The summed E-state index contributed by atoms with van der Waals surface area (Å²) in [6.07, 6.45) is 9.08. The summed E-state index contributed by atoms with van der Waals surface area (Å²) in [6, 6.07) is 5.96. The number of hydrogen-bond acceptors (Lipinski definition) is 9. The molecular weight excluding hydrogens is 560 g/mol. The molecule has 1 aliphatic carbocycles. The van der Waals surface area contributed by atoms with Crippen LogP contribution in [-0.4, -0.2) is 42.1 Å². The maximum absolute atomic E-state index is 13.5. The van der Waals surface area contributed by atoms with Gasteiger partial charge in [-0.1, -0.05) is 25.5 Å². The smallest absolute Gasteiger partial charge is 0.336 e. The van der Waals surface area contributed by atoms with Crippen LogP contribution in [-0.2, 0) is 38.3 Å². The van der Waals surface area contributed by atoms with E-state index in [0.717, 1.165) is 50.8 Å². The molecule has 2 N–H and O–H groups in total. The SMILES string of the molecule is CCCc1c(C)nc2c(c1NCCCCCOC(=O)C1=C(C)NC(C)=C(C(=O)OC)C1c1cccc([N+](=O)[O-])c1)CCCC2. The Morgan fingerprint density at radius 1 is 1.07 bits per heavy atom. The quantitative estimate of drug-likeness (QED) is 0.116. The Balaban J connectivity index is 1.39. The van der Waals surface area contributed by atoms with E-state index < -0.39 is 22.8 Å². The molecule has 44 heavy (non-hydrogen) atoms. The van der Waals surface area contributed by atoms with Crippen molar-refractivity contribution >= 4 is 23.3 Å². The Kier molecular flexibility index (Phi) is 11.1. The third-order valence-electron chi connectivity index (χ3n) is 8.44. The highest BCUT2D eigenvalue weighted by Crippen LogP contribution is 2.40. The molecule has 10 nitrogen and oxygen atoms in total. The summed E-state index contributed by atoms with van der Waals surface area (Å²) in [6.45, 7) is 8.81. The van der Waals surface area contributed by atoms with Crippen molar-refractivity contribution in [2.45, 2.75) is 91.4 Å². The number of ether oxygens (including phenoxy) is 2. The molecule has 236 valence electrons. The van der Waals surface area contributed by atoms with Crippen LogP contribution in [0.1, 0.15) is 93.3 Å². The van der Waals surface area contributed by atoms with Crippen LogP contribution in [0.5, 0.6) is 0 Å². The lowest BCUT2D eigenvalue weighted by Gasteiger charge is -2.30. The second-order valence-corrected chi connectivity index (χ2v) is 11.5. The average Bonchev–Trinajstić information content (AvgIpc) is 3.01. The van der Waals surface area contributed by atoms with E-state index in [0.29, 0.717) is 23.4 Å². The molecular formula is C34H44N4O6. The number of nitro benzene ring substituents is 1. The molecule has 1 aromatic heterocycles. The zero-order valence-electron chi connectivity index (χ0n) is 26.5. The van der Waals surface area contributed by atoms with Gasteiger partial charge in [0.05, 0.1) is 35.7 Å². The topological polar surface area (TPSA) is 133 Å². The van der Waals surface area contributed by atoms with E-state index in [1.54, 1.807) is 26.0 Å². The van der Waals surface area contributed by atoms with Crippen molar-refractivity contribution in [2.24, 2.45) is 0 Å². The fraction of sp³-hybridized carbons (Fsp3) is 0.500. The van der Waals surface area contributed by atoms with Crippen molar-refractivity contribution in [2.75, 3.05) is 25.6 Å². The molecule has 0 fully saturated rings. The number of fused-ring (bicyclic) bond motifs is 1. The van der Waals surface area contributed by atoms with Crippen molar-refractivity contribution in [3.63, 3.8) is 0 Å². The first kappa shape index (κ1) is 32.7. The van der Waals surface area contributed by atoms with Gasteiger partial charge in [0.15, 0.2) is 0 Å². The van der Waals surface area contributed by atoms with E-state index in [1.165, 1.54) is 54.6 Å². The van der Waals surface area contributed by atoms with E-state index in [1.807, 2.05) is 0 Å². The number of aromatic nitrogens is 1. The lowest BCUT2D eigenvalue weighted by atomic mass is 9.80. The number of pyridine rings is 1. The predicted octanol–water partition coefficient (Wildman–Crippen LogP) is 6.36. The van der Waals surface area contributed by atoms with Gasteiger partial charge in [-0.2, -0.15) is 0 Å². The van der Waals surface area contributed by atoms with Gasteiger partial charge in [-0.25, -0.2) is 9.59 Å². The van der Waals surface area contributed by atoms with Crippen LogP contribution >= 0.6 is 0 Å². The van der Waals surface area contributed by atoms with Gasteiger partial charge < -0.3 is 20.1 Å². The first-order valence-electron chi connectivity index (χ1n) is 15.6. The van der Waals surface area contributed by atoms with Gasteiger partial charge in [-0.3, -0.25) is 15.1 Å². The third kappa shape index (κ3) is 7.29. The van der Waals surface area contributed by atoms with Gasteiger partial charge in [-0.05, 0) is 88.8 Å². The van der Waals surface area contributed by atoms with Gasteiger partial charge in [0.2, 0.25) is 0 Å². The standard InChI is InChI=1S/C34H44N4O6/c1-6-13-26-21(2)37-28-17-9-8-16-27(28)32(26)35-18-10-7-11-19-44-34(40)30-23(4)36-22(3)29(33(39)43-5)31(30)24-14-12-15-25(20-24)38(41)42/h12,14-15,20,31,36H,6-11,13,16-19H2,1-5H3,(H,35,37). The fourth-order valence-electron chi connectivity index (χ4n) is 6.34. The number of carbonyl (C=O) groups is 2. The Bertz CT molecular complexity index is 1480. The Morgan fingerprint density at radius 2 is 1.80 bits per heavy atom. The zero-order valence-corrected chi connectivity index (χ0v) is 26.5. The first-order chi connectivity index (χ1) is 21.2. The van der Waals surface area contributed by atoms with Gasteiger partial charge in [0.25, 0.3) is 5.69 Å². The molecule has 1 atom stereocenters. The number of anilines is 1. The van der Waals surface area contributed by atoms with E-state index in [9.17, 15) is 19.7 Å². The summed E-state index contributed by atoms with van der Waals surface area (Å²) < 4.78 is 10.7. The number of unbranched alkanes of at least 4 members (excludes halogenated alkanes) is 2. The van der Waals surface area contributed by atoms with Crippen molar-refractivity contribution in [3.8, 4) is 0 Å². The number of nitrogens with zero attached hydrogens (tertiary/aromatic N) is 2. The van der Waals surface area contributed by atoms with Crippen LogP contribution in [0.3, 0.4) is 0 Å². The van der Waals surface area contributed by atoms with Gasteiger partial charge >= 0.3 is 11.9 Å². The summed E-state index contributed by atoms with van der Waals surface area (Å²) >= 11 is 0. The van der Waals surface area contributed by atoms with Crippen LogP contribution in [0.2, 0.25) is 0 Å². The summed E-state index contributed by atoms with van der Waals surface area (Å²) in [4.78, 5) is 42.2. The Labute approximate surface area is 259 Å². The van der Waals surface area contributed by atoms with Crippen molar-refractivity contribution in [1.29, 1.82) is 0 Å². The zero-order chi connectivity index (χ0) is 31.8. The summed E-state index contributed by atoms with van der Waals surface area (Å²) in [7, 11) is 1.26. The number of esters is 2. The molecule has 0 spiro atoms. The molecule has 1 aliphatic heterocycles. The second-order valence-electron chi connectivity index (χ2n) is 11.5. The van der Waals surface area contributed by atoms with Gasteiger partial charge in [0, 0.05) is 47.1 Å². The number of rotatable bonds is 13. The monoisotopic (exact) mass is 604 g/mol. The Morgan fingerprint density at radius 3 is 2.50 bits per heavy atom. The van der Waals surface area contributed by atoms with Crippen molar-refractivity contribution in [1.82, 2.24) is 10.3 Å². The molecule has 0 saturated carbocycles.